The number of rotatable bonds is 5. The number of anilines is 1. The number of benzene rings is 2. The number of aliphatic carboxylic acids is 1. The van der Waals surface area contributed by atoms with Gasteiger partial charge in [-0.2, -0.15) is 13.2 Å². The molecule has 0 saturated heterocycles. The summed E-state index contributed by atoms with van der Waals surface area (Å²) in [7, 11) is 0. The van der Waals surface area contributed by atoms with E-state index in [1.165, 1.54) is 23.1 Å². The number of aryl methyl sites for hydroxylation is 1. The second kappa shape index (κ2) is 8.01. The van der Waals surface area contributed by atoms with Gasteiger partial charge in [-0.05, 0) is 48.7 Å². The van der Waals surface area contributed by atoms with Crippen molar-refractivity contribution in [1.29, 1.82) is 0 Å². The molecule has 1 unspecified atom stereocenters. The maximum absolute atomic E-state index is 13.7. The van der Waals surface area contributed by atoms with E-state index in [0.717, 1.165) is 12.1 Å². The molecule has 160 valence electrons. The lowest BCUT2D eigenvalue weighted by Crippen LogP contribution is -2.33. The number of carbonyl (C=O) groups is 1. The van der Waals surface area contributed by atoms with E-state index in [1.807, 2.05) is 0 Å². The number of carboxylic acids is 1. The third kappa shape index (κ3) is 3.99. The molecule has 1 atom stereocenters. The van der Waals surface area contributed by atoms with Crippen LogP contribution in [0, 0.1) is 12.7 Å². The van der Waals surface area contributed by atoms with Crippen LogP contribution in [0.3, 0.4) is 0 Å². The summed E-state index contributed by atoms with van der Waals surface area (Å²) >= 11 is 0. The molecular formula is C22H21F4NO3. The summed E-state index contributed by atoms with van der Waals surface area (Å²) in [6, 6.07) is 7.60. The molecule has 0 fully saturated rings. The van der Waals surface area contributed by atoms with Crippen LogP contribution in [0.2, 0.25) is 0 Å². The third-order valence-electron chi connectivity index (χ3n) is 5.10. The predicted octanol–water partition coefficient (Wildman–Crippen LogP) is 5.61. The topological polar surface area (TPSA) is 49.8 Å². The highest BCUT2D eigenvalue weighted by Gasteiger charge is 2.38. The zero-order valence-corrected chi connectivity index (χ0v) is 16.7. The predicted molar refractivity (Wildman–Crippen MR) is 103 cm³/mol. The SMILES string of the molecule is CCOC1=C(C(=O)O)C(C)c2ccc(C(F)(F)F)cc2N1Cc1ccc(F)c(C)c1. The van der Waals surface area contributed by atoms with Crippen LogP contribution in [0.15, 0.2) is 47.9 Å². The quantitative estimate of drug-likeness (QED) is 0.635. The highest BCUT2D eigenvalue weighted by Crippen LogP contribution is 2.44. The summed E-state index contributed by atoms with van der Waals surface area (Å²) in [6.45, 7) is 5.02. The molecular weight excluding hydrogens is 402 g/mol. The van der Waals surface area contributed by atoms with Crippen molar-refractivity contribution < 1.29 is 32.2 Å². The van der Waals surface area contributed by atoms with E-state index in [-0.39, 0.29) is 30.3 Å². The van der Waals surface area contributed by atoms with E-state index < -0.39 is 29.4 Å². The molecule has 8 heteroatoms. The van der Waals surface area contributed by atoms with Gasteiger partial charge in [0.1, 0.15) is 11.4 Å². The van der Waals surface area contributed by atoms with Gasteiger partial charge < -0.3 is 14.7 Å². The van der Waals surface area contributed by atoms with Gasteiger partial charge in [0.05, 0.1) is 18.7 Å². The smallest absolute Gasteiger partial charge is 0.416 e. The first-order valence-electron chi connectivity index (χ1n) is 9.38. The van der Waals surface area contributed by atoms with Gasteiger partial charge in [0.15, 0.2) is 0 Å². The van der Waals surface area contributed by atoms with Crippen LogP contribution in [-0.2, 0) is 22.3 Å². The lowest BCUT2D eigenvalue weighted by molar-refractivity contribution is -0.137. The minimum atomic E-state index is -4.56. The fraction of sp³-hybridized carbons (Fsp3) is 0.318. The number of ether oxygens (including phenoxy) is 1. The number of nitrogens with zero attached hydrogens (tertiary/aromatic N) is 1. The Morgan fingerprint density at radius 3 is 2.47 bits per heavy atom. The molecule has 0 spiro atoms. The van der Waals surface area contributed by atoms with E-state index in [2.05, 4.69) is 0 Å². The summed E-state index contributed by atoms with van der Waals surface area (Å²) in [5, 5.41) is 9.79. The fourth-order valence-corrected chi connectivity index (χ4v) is 3.63. The monoisotopic (exact) mass is 423 g/mol. The first kappa shape index (κ1) is 21.7. The maximum atomic E-state index is 13.7. The van der Waals surface area contributed by atoms with Crippen molar-refractivity contribution in [2.75, 3.05) is 11.5 Å². The number of hydrogen-bond donors (Lipinski definition) is 1. The van der Waals surface area contributed by atoms with Gasteiger partial charge in [0.25, 0.3) is 0 Å². The van der Waals surface area contributed by atoms with Crippen LogP contribution < -0.4 is 4.90 Å². The van der Waals surface area contributed by atoms with Crippen molar-refractivity contribution >= 4 is 11.7 Å². The Balaban J connectivity index is 2.21. The van der Waals surface area contributed by atoms with Gasteiger partial charge in [0.2, 0.25) is 5.88 Å². The van der Waals surface area contributed by atoms with Crippen molar-refractivity contribution in [2.45, 2.75) is 39.4 Å². The third-order valence-corrected chi connectivity index (χ3v) is 5.10. The fourth-order valence-electron chi connectivity index (χ4n) is 3.63. The number of carboxylic acid groups (broad SMARTS) is 1. The van der Waals surface area contributed by atoms with Gasteiger partial charge in [-0.25, -0.2) is 9.18 Å². The second-order valence-corrected chi connectivity index (χ2v) is 7.12. The van der Waals surface area contributed by atoms with Gasteiger partial charge in [-0.1, -0.05) is 25.1 Å². The molecule has 1 heterocycles. The van der Waals surface area contributed by atoms with Crippen LogP contribution in [-0.4, -0.2) is 17.7 Å². The average Bonchev–Trinajstić information content (AvgIpc) is 2.66. The van der Waals surface area contributed by atoms with Crippen LogP contribution in [0.1, 0.15) is 42.0 Å². The normalized spacial score (nSPS) is 16.5. The van der Waals surface area contributed by atoms with Gasteiger partial charge in [-0.15, -0.1) is 0 Å². The van der Waals surface area contributed by atoms with E-state index in [1.54, 1.807) is 26.8 Å². The van der Waals surface area contributed by atoms with Crippen LogP contribution in [0.5, 0.6) is 0 Å². The summed E-state index contributed by atoms with van der Waals surface area (Å²) < 4.78 is 59.4. The minimum Gasteiger partial charge on any atom is -0.479 e. The average molecular weight is 423 g/mol. The summed E-state index contributed by atoms with van der Waals surface area (Å²) in [5.74, 6) is -2.30. The lowest BCUT2D eigenvalue weighted by Gasteiger charge is -2.37. The van der Waals surface area contributed by atoms with E-state index in [4.69, 9.17) is 4.74 Å². The van der Waals surface area contributed by atoms with Gasteiger partial charge in [-0.3, -0.25) is 0 Å². The van der Waals surface area contributed by atoms with Crippen molar-refractivity contribution in [3.63, 3.8) is 0 Å². The Bertz CT molecular complexity index is 1010. The summed E-state index contributed by atoms with van der Waals surface area (Å²) in [4.78, 5) is 13.4. The van der Waals surface area contributed by atoms with Crippen LogP contribution in [0.4, 0.5) is 23.2 Å². The first-order valence-corrected chi connectivity index (χ1v) is 9.38. The van der Waals surface area contributed by atoms with E-state index in [9.17, 15) is 27.5 Å². The van der Waals surface area contributed by atoms with Crippen LogP contribution >= 0.6 is 0 Å². The summed E-state index contributed by atoms with van der Waals surface area (Å²) in [5.41, 5.74) is 0.762. The van der Waals surface area contributed by atoms with Crippen molar-refractivity contribution in [2.24, 2.45) is 0 Å². The Morgan fingerprint density at radius 1 is 1.20 bits per heavy atom. The molecule has 1 N–H and O–H groups in total. The Morgan fingerprint density at radius 2 is 1.90 bits per heavy atom. The molecule has 2 aromatic carbocycles. The lowest BCUT2D eigenvalue weighted by atomic mass is 9.87. The van der Waals surface area contributed by atoms with E-state index in [0.29, 0.717) is 16.7 Å². The van der Waals surface area contributed by atoms with Crippen molar-refractivity contribution in [1.82, 2.24) is 0 Å². The molecule has 0 aliphatic carbocycles. The number of hydrogen-bond acceptors (Lipinski definition) is 3. The number of halogens is 4. The van der Waals surface area contributed by atoms with Crippen molar-refractivity contribution in [3.05, 3.63) is 75.9 Å². The highest BCUT2D eigenvalue weighted by molar-refractivity contribution is 5.92. The number of fused-ring (bicyclic) bond motifs is 1. The highest BCUT2D eigenvalue weighted by atomic mass is 19.4. The van der Waals surface area contributed by atoms with E-state index >= 15 is 0 Å². The number of alkyl halides is 3. The largest absolute Gasteiger partial charge is 0.479 e. The standard InChI is InChI=1S/C22H21F4NO3/c1-4-30-20-19(21(28)29)13(3)16-7-6-15(22(24,25)26)10-18(16)27(20)11-14-5-8-17(23)12(2)9-14/h5-10,13H,4,11H2,1-3H3,(H,28,29). The molecule has 2 aromatic rings. The maximum Gasteiger partial charge on any atom is 0.416 e. The van der Waals surface area contributed by atoms with Gasteiger partial charge >= 0.3 is 12.1 Å². The Labute approximate surface area is 171 Å². The van der Waals surface area contributed by atoms with Crippen LogP contribution in [0.25, 0.3) is 0 Å². The summed E-state index contributed by atoms with van der Waals surface area (Å²) in [6.07, 6.45) is -4.56. The zero-order valence-electron chi connectivity index (χ0n) is 16.7. The Kier molecular flexibility index (Phi) is 5.78. The van der Waals surface area contributed by atoms with Gasteiger partial charge in [0, 0.05) is 11.6 Å². The molecule has 0 aromatic heterocycles. The molecule has 0 saturated carbocycles. The molecule has 0 bridgehead atoms. The molecule has 3 rings (SSSR count). The Hall–Kier alpha value is -3.03. The van der Waals surface area contributed by atoms with Crippen molar-refractivity contribution in [3.8, 4) is 0 Å². The second-order valence-electron chi connectivity index (χ2n) is 7.12. The molecule has 30 heavy (non-hydrogen) atoms. The molecule has 1 aliphatic heterocycles. The molecule has 4 nitrogen and oxygen atoms in total. The molecule has 0 radical (unpaired) electrons. The molecule has 0 amide bonds. The first-order chi connectivity index (χ1) is 14.0. The minimum absolute atomic E-state index is 0.00805. The zero-order chi connectivity index (χ0) is 22.2. The molecule has 1 aliphatic rings.